The highest BCUT2D eigenvalue weighted by molar-refractivity contribution is 7.92. The van der Waals surface area contributed by atoms with E-state index in [1.54, 1.807) is 30.5 Å². The number of nitrogens with one attached hydrogen (secondary N) is 3. The fourth-order valence-corrected chi connectivity index (χ4v) is 3.81. The van der Waals surface area contributed by atoms with E-state index < -0.39 is 16.1 Å². The van der Waals surface area contributed by atoms with Crippen LogP contribution in [0.4, 0.5) is 16.5 Å². The Morgan fingerprint density at radius 2 is 2.19 bits per heavy atom. The van der Waals surface area contributed by atoms with E-state index in [2.05, 4.69) is 20.3 Å². The van der Waals surface area contributed by atoms with Gasteiger partial charge < -0.3 is 15.4 Å². The lowest BCUT2D eigenvalue weighted by Crippen LogP contribution is -2.34. The molecule has 0 spiro atoms. The van der Waals surface area contributed by atoms with Gasteiger partial charge in [-0.3, -0.25) is 14.3 Å². The molecule has 2 heterocycles. The van der Waals surface area contributed by atoms with Gasteiger partial charge in [-0.1, -0.05) is 0 Å². The van der Waals surface area contributed by atoms with Crippen molar-refractivity contribution in [2.24, 2.45) is 0 Å². The number of fused-ring (bicyclic) bond motifs is 1. The van der Waals surface area contributed by atoms with Crippen molar-refractivity contribution in [1.29, 1.82) is 0 Å². The number of hydrogen-bond donors (Lipinski definition) is 3. The zero-order valence-electron chi connectivity index (χ0n) is 13.9. The minimum absolute atomic E-state index is 0.0150. The first-order chi connectivity index (χ1) is 12.2. The Bertz CT molecular complexity index is 970. The summed E-state index contributed by atoms with van der Waals surface area (Å²) in [5, 5.41) is 7.22. The predicted molar refractivity (Wildman–Crippen MR) is 98.1 cm³/mol. The number of anilines is 3. The van der Waals surface area contributed by atoms with Gasteiger partial charge in [0.2, 0.25) is 15.9 Å². The number of nitrogens with zero attached hydrogens (tertiary/aromatic N) is 1. The van der Waals surface area contributed by atoms with Crippen LogP contribution in [0.5, 0.6) is 5.75 Å². The maximum absolute atomic E-state index is 12.2. The Morgan fingerprint density at radius 1 is 1.42 bits per heavy atom. The number of carbonyl (C=O) groups is 2. The van der Waals surface area contributed by atoms with Crippen LogP contribution in [0.3, 0.4) is 0 Å². The molecule has 0 bridgehead atoms. The van der Waals surface area contributed by atoms with Crippen molar-refractivity contribution in [3.05, 3.63) is 29.3 Å². The summed E-state index contributed by atoms with van der Waals surface area (Å²) in [6, 6.07) is 4.94. The van der Waals surface area contributed by atoms with Crippen LogP contribution in [0.25, 0.3) is 0 Å². The first-order valence-electron chi connectivity index (χ1n) is 7.53. The Labute approximate surface area is 153 Å². The van der Waals surface area contributed by atoms with E-state index in [1.807, 2.05) is 0 Å². The maximum atomic E-state index is 12.2. The Hall–Kier alpha value is -2.66. The lowest BCUT2D eigenvalue weighted by atomic mass is 10.2. The van der Waals surface area contributed by atoms with Crippen LogP contribution < -0.4 is 20.1 Å². The van der Waals surface area contributed by atoms with Crippen LogP contribution in [0.1, 0.15) is 12.6 Å². The number of carbonyl (C=O) groups excluding carboxylic acids is 2. The number of amides is 2. The summed E-state index contributed by atoms with van der Waals surface area (Å²) in [6.45, 7) is 1.65. The van der Waals surface area contributed by atoms with Crippen LogP contribution in [0.15, 0.2) is 23.6 Å². The molecule has 1 aromatic carbocycles. The molecule has 1 aliphatic rings. The van der Waals surface area contributed by atoms with Crippen molar-refractivity contribution in [2.45, 2.75) is 19.4 Å². The number of benzene rings is 1. The molecule has 2 aromatic rings. The molecule has 1 unspecified atom stereocenters. The van der Waals surface area contributed by atoms with Crippen molar-refractivity contribution in [3.8, 4) is 5.75 Å². The molecule has 9 nitrogen and oxygen atoms in total. The Morgan fingerprint density at radius 3 is 2.92 bits per heavy atom. The smallest absolute Gasteiger partial charge is 0.265 e. The first kappa shape index (κ1) is 18.1. The molecule has 0 saturated heterocycles. The average molecular weight is 396 g/mol. The van der Waals surface area contributed by atoms with Crippen LogP contribution >= 0.6 is 11.3 Å². The van der Waals surface area contributed by atoms with Gasteiger partial charge in [0.15, 0.2) is 11.2 Å². The maximum Gasteiger partial charge on any atom is 0.265 e. The molecule has 1 atom stereocenters. The van der Waals surface area contributed by atoms with Gasteiger partial charge in [0.05, 0.1) is 24.1 Å². The van der Waals surface area contributed by atoms with Crippen molar-refractivity contribution in [2.75, 3.05) is 21.6 Å². The van der Waals surface area contributed by atoms with Crippen molar-refractivity contribution in [3.63, 3.8) is 0 Å². The third-order valence-electron chi connectivity index (χ3n) is 3.36. The highest BCUT2D eigenvalue weighted by Gasteiger charge is 2.23. The summed E-state index contributed by atoms with van der Waals surface area (Å²) in [5.41, 5.74) is 1.43. The molecule has 3 rings (SSSR count). The standard InChI is InChI=1S/C15H16N4O5S2/c1-8-14(21)18-11-5-9(3-4-12(11)24-8)16-13(20)6-10-7-25-15(17-10)19-26(2,22)23/h3-5,7-8H,6H2,1-2H3,(H,16,20)(H,17,19)(H,18,21). The van der Waals surface area contributed by atoms with Gasteiger partial charge in [-0.25, -0.2) is 13.4 Å². The third kappa shape index (κ3) is 4.49. The molecule has 26 heavy (non-hydrogen) atoms. The molecule has 0 fully saturated rings. The van der Waals surface area contributed by atoms with Gasteiger partial charge in [-0.2, -0.15) is 0 Å². The summed E-state index contributed by atoms with van der Waals surface area (Å²) in [5.74, 6) is -0.0435. The third-order valence-corrected chi connectivity index (χ3v) is 4.86. The fourth-order valence-electron chi connectivity index (χ4n) is 2.25. The number of aromatic nitrogens is 1. The molecule has 0 aliphatic carbocycles. The first-order valence-corrected chi connectivity index (χ1v) is 10.3. The largest absolute Gasteiger partial charge is 0.479 e. The summed E-state index contributed by atoms with van der Waals surface area (Å²) in [4.78, 5) is 27.9. The molecule has 11 heteroatoms. The van der Waals surface area contributed by atoms with Crippen LogP contribution in [-0.2, 0) is 26.0 Å². The van der Waals surface area contributed by atoms with Crippen molar-refractivity contribution in [1.82, 2.24) is 4.98 Å². The Kier molecular flexibility index (Phi) is 4.83. The second-order valence-electron chi connectivity index (χ2n) is 5.70. The predicted octanol–water partition coefficient (Wildman–Crippen LogP) is 1.42. The lowest BCUT2D eigenvalue weighted by Gasteiger charge is -2.23. The fraction of sp³-hybridized carbons (Fsp3) is 0.267. The van der Waals surface area contributed by atoms with E-state index in [9.17, 15) is 18.0 Å². The molecular weight excluding hydrogens is 380 g/mol. The topological polar surface area (TPSA) is 126 Å². The van der Waals surface area contributed by atoms with Crippen LogP contribution in [0, 0.1) is 0 Å². The highest BCUT2D eigenvalue weighted by Crippen LogP contribution is 2.32. The van der Waals surface area contributed by atoms with Crippen LogP contribution in [-0.4, -0.2) is 37.6 Å². The molecule has 2 amide bonds. The second-order valence-corrected chi connectivity index (χ2v) is 8.31. The zero-order chi connectivity index (χ0) is 18.9. The highest BCUT2D eigenvalue weighted by atomic mass is 32.2. The summed E-state index contributed by atoms with van der Waals surface area (Å²) in [6.07, 6.45) is 0.446. The van der Waals surface area contributed by atoms with Gasteiger partial charge in [0, 0.05) is 11.1 Å². The number of sulfonamides is 1. The van der Waals surface area contributed by atoms with Crippen LogP contribution in [0.2, 0.25) is 0 Å². The van der Waals surface area contributed by atoms with E-state index in [0.29, 0.717) is 22.8 Å². The quantitative estimate of drug-likeness (QED) is 0.701. The van der Waals surface area contributed by atoms with E-state index >= 15 is 0 Å². The van der Waals surface area contributed by atoms with Gasteiger partial charge >= 0.3 is 0 Å². The Balaban J connectivity index is 1.64. The SMILES string of the molecule is CC1Oc2ccc(NC(=O)Cc3csc(NS(C)(=O)=O)n3)cc2NC1=O. The van der Waals surface area contributed by atoms with Gasteiger partial charge in [-0.05, 0) is 25.1 Å². The molecule has 0 saturated carbocycles. The number of hydrogen-bond acceptors (Lipinski definition) is 7. The zero-order valence-corrected chi connectivity index (χ0v) is 15.5. The van der Waals surface area contributed by atoms with E-state index in [4.69, 9.17) is 4.74 Å². The number of ether oxygens (including phenoxy) is 1. The minimum atomic E-state index is -3.41. The number of thiazole rings is 1. The van der Waals surface area contributed by atoms with Crippen molar-refractivity contribution < 1.29 is 22.7 Å². The van der Waals surface area contributed by atoms with Gasteiger partial charge in [0.25, 0.3) is 5.91 Å². The summed E-state index contributed by atoms with van der Waals surface area (Å²) in [7, 11) is -3.41. The summed E-state index contributed by atoms with van der Waals surface area (Å²) >= 11 is 1.10. The number of rotatable bonds is 5. The molecule has 1 aliphatic heterocycles. The molecule has 3 N–H and O–H groups in total. The second kappa shape index (κ2) is 6.92. The van der Waals surface area contributed by atoms with Gasteiger partial charge in [-0.15, -0.1) is 11.3 Å². The monoisotopic (exact) mass is 396 g/mol. The van der Waals surface area contributed by atoms with Gasteiger partial charge in [0.1, 0.15) is 5.75 Å². The minimum Gasteiger partial charge on any atom is -0.479 e. The average Bonchev–Trinajstić information content (AvgIpc) is 2.93. The van der Waals surface area contributed by atoms with E-state index in [-0.39, 0.29) is 23.4 Å². The molecule has 138 valence electrons. The molecule has 1 aromatic heterocycles. The van der Waals surface area contributed by atoms with E-state index in [1.165, 1.54) is 0 Å². The molecule has 0 radical (unpaired) electrons. The summed E-state index contributed by atoms with van der Waals surface area (Å²) < 4.78 is 30.1. The molecular formula is C15H16N4O5S2. The normalized spacial score (nSPS) is 16.2. The lowest BCUT2D eigenvalue weighted by molar-refractivity contribution is -0.122. The van der Waals surface area contributed by atoms with E-state index in [0.717, 1.165) is 17.6 Å². The van der Waals surface area contributed by atoms with Crippen molar-refractivity contribution >= 4 is 49.7 Å².